The van der Waals surface area contributed by atoms with Crippen LogP contribution in [-0.2, 0) is 18.2 Å². The summed E-state index contributed by atoms with van der Waals surface area (Å²) in [5, 5.41) is 4.60. The molecule has 1 unspecified atom stereocenters. The second-order valence-electron chi connectivity index (χ2n) is 4.17. The van der Waals surface area contributed by atoms with E-state index in [2.05, 4.69) is 15.3 Å². The minimum absolute atomic E-state index is 0.170. The largest absolute Gasteiger partial charge is 0.411 e. The molecule has 5 nitrogen and oxygen atoms in total. The van der Waals surface area contributed by atoms with Crippen molar-refractivity contribution in [1.82, 2.24) is 15.2 Å². The molecule has 9 heteroatoms. The van der Waals surface area contributed by atoms with Crippen molar-refractivity contribution in [1.29, 1.82) is 0 Å². The smallest absolute Gasteiger partial charge is 0.370 e. The van der Waals surface area contributed by atoms with Crippen LogP contribution in [0, 0.1) is 6.92 Å². The van der Waals surface area contributed by atoms with Crippen molar-refractivity contribution < 1.29 is 17.9 Å². The van der Waals surface area contributed by atoms with E-state index in [0.717, 1.165) is 0 Å². The Bertz CT molecular complexity index is 422. The first kappa shape index (κ1) is 16.2. The van der Waals surface area contributed by atoms with Crippen molar-refractivity contribution in [2.24, 2.45) is 12.9 Å². The number of aryl methyl sites for hydroxylation is 2. The fourth-order valence-corrected chi connectivity index (χ4v) is 1.86. The third kappa shape index (κ3) is 4.98. The molecule has 1 rings (SSSR count). The lowest BCUT2D eigenvalue weighted by Crippen LogP contribution is -2.41. The highest BCUT2D eigenvalue weighted by atomic mass is 35.5. The summed E-state index contributed by atoms with van der Waals surface area (Å²) in [5.41, 5.74) is 3.76. The number of nitrogens with one attached hydrogen (secondary N) is 1. The van der Waals surface area contributed by atoms with E-state index in [9.17, 15) is 13.2 Å². The number of rotatable bonds is 6. The summed E-state index contributed by atoms with van der Waals surface area (Å²) in [6.45, 7) is 0.275. The first-order valence-electron chi connectivity index (χ1n) is 5.53. The van der Waals surface area contributed by atoms with Crippen LogP contribution in [0.4, 0.5) is 13.2 Å². The van der Waals surface area contributed by atoms with Crippen molar-refractivity contribution >= 4 is 11.6 Å². The summed E-state index contributed by atoms with van der Waals surface area (Å²) >= 11 is 6.05. The van der Waals surface area contributed by atoms with Crippen LogP contribution < -0.4 is 11.3 Å². The van der Waals surface area contributed by atoms with Crippen molar-refractivity contribution in [2.75, 3.05) is 13.2 Å². The molecule has 1 atom stereocenters. The average Bonchev–Trinajstić information content (AvgIpc) is 2.52. The van der Waals surface area contributed by atoms with Crippen LogP contribution in [0.15, 0.2) is 0 Å². The molecule has 0 amide bonds. The number of aromatic nitrogens is 2. The normalized spacial score (nSPS) is 13.8. The van der Waals surface area contributed by atoms with E-state index in [-0.39, 0.29) is 6.61 Å². The Labute approximate surface area is 113 Å². The van der Waals surface area contributed by atoms with E-state index in [4.69, 9.17) is 17.4 Å². The predicted molar refractivity (Wildman–Crippen MR) is 64.6 cm³/mol. The van der Waals surface area contributed by atoms with E-state index in [1.54, 1.807) is 18.7 Å². The molecule has 1 aromatic rings. The first-order valence-corrected chi connectivity index (χ1v) is 5.91. The van der Waals surface area contributed by atoms with Crippen LogP contribution in [0.1, 0.15) is 11.4 Å². The molecule has 110 valence electrons. The molecule has 0 spiro atoms. The lowest BCUT2D eigenvalue weighted by molar-refractivity contribution is -0.175. The number of halogens is 4. The van der Waals surface area contributed by atoms with Gasteiger partial charge in [0, 0.05) is 13.5 Å². The molecular formula is C10H16ClF3N4O. The zero-order chi connectivity index (χ0) is 14.6. The van der Waals surface area contributed by atoms with E-state index >= 15 is 0 Å². The number of nitrogens with two attached hydrogens (primary N) is 1. The van der Waals surface area contributed by atoms with Crippen LogP contribution in [0.3, 0.4) is 0 Å². The molecule has 0 bridgehead atoms. The Morgan fingerprint density at radius 3 is 2.58 bits per heavy atom. The van der Waals surface area contributed by atoms with Crippen molar-refractivity contribution in [3.63, 3.8) is 0 Å². The lowest BCUT2D eigenvalue weighted by atomic mass is 10.1. The molecule has 0 saturated heterocycles. The van der Waals surface area contributed by atoms with Gasteiger partial charge in [-0.05, 0) is 6.92 Å². The highest BCUT2D eigenvalue weighted by Gasteiger charge is 2.28. The highest BCUT2D eigenvalue weighted by molar-refractivity contribution is 6.31. The Morgan fingerprint density at radius 1 is 1.53 bits per heavy atom. The Kier molecular flexibility index (Phi) is 5.60. The number of hydrazine groups is 1. The van der Waals surface area contributed by atoms with E-state index in [1.165, 1.54) is 0 Å². The van der Waals surface area contributed by atoms with Gasteiger partial charge >= 0.3 is 6.18 Å². The maximum Gasteiger partial charge on any atom is 0.411 e. The summed E-state index contributed by atoms with van der Waals surface area (Å²) < 4.78 is 42.0. The second kappa shape index (κ2) is 6.56. The van der Waals surface area contributed by atoms with Gasteiger partial charge in [-0.1, -0.05) is 11.6 Å². The quantitative estimate of drug-likeness (QED) is 0.614. The van der Waals surface area contributed by atoms with Crippen molar-refractivity contribution in [3.8, 4) is 0 Å². The maximum absolute atomic E-state index is 12.0. The average molecular weight is 301 g/mol. The number of ether oxygens (including phenoxy) is 1. The zero-order valence-electron chi connectivity index (χ0n) is 10.6. The number of nitrogens with zero attached hydrogens (tertiary/aromatic N) is 2. The molecule has 0 aliphatic heterocycles. The van der Waals surface area contributed by atoms with Gasteiger partial charge in [0.25, 0.3) is 0 Å². The van der Waals surface area contributed by atoms with Crippen LogP contribution in [0.5, 0.6) is 0 Å². The summed E-state index contributed by atoms with van der Waals surface area (Å²) in [4.78, 5) is 0. The van der Waals surface area contributed by atoms with Crippen LogP contribution in [-0.4, -0.2) is 35.2 Å². The molecule has 1 aromatic heterocycles. The monoisotopic (exact) mass is 300 g/mol. The summed E-state index contributed by atoms with van der Waals surface area (Å²) in [7, 11) is 1.71. The molecule has 0 fully saturated rings. The summed E-state index contributed by atoms with van der Waals surface area (Å²) in [6.07, 6.45) is -4.02. The van der Waals surface area contributed by atoms with Gasteiger partial charge in [0.05, 0.1) is 29.1 Å². The van der Waals surface area contributed by atoms with Gasteiger partial charge in [-0.3, -0.25) is 16.0 Å². The van der Waals surface area contributed by atoms with Crippen molar-refractivity contribution in [3.05, 3.63) is 16.4 Å². The minimum atomic E-state index is -4.35. The van der Waals surface area contributed by atoms with Crippen molar-refractivity contribution in [2.45, 2.75) is 25.6 Å². The number of hydrogen-bond donors (Lipinski definition) is 2. The van der Waals surface area contributed by atoms with Crippen LogP contribution in [0.2, 0.25) is 5.02 Å². The molecular weight excluding hydrogens is 285 g/mol. The van der Waals surface area contributed by atoms with Gasteiger partial charge in [-0.15, -0.1) is 0 Å². The maximum atomic E-state index is 12.0. The third-order valence-electron chi connectivity index (χ3n) is 2.52. The molecule has 19 heavy (non-hydrogen) atoms. The SMILES string of the molecule is Cc1nn(C)c(CC(COCC(F)(F)F)NN)c1Cl. The lowest BCUT2D eigenvalue weighted by Gasteiger charge is -2.17. The van der Waals surface area contributed by atoms with E-state index < -0.39 is 18.8 Å². The van der Waals surface area contributed by atoms with Gasteiger partial charge in [-0.25, -0.2) is 0 Å². The molecule has 1 heterocycles. The minimum Gasteiger partial charge on any atom is -0.370 e. The fraction of sp³-hybridized carbons (Fsp3) is 0.700. The molecule has 3 N–H and O–H groups in total. The molecule has 0 aromatic carbocycles. The number of hydrogen-bond acceptors (Lipinski definition) is 4. The molecule has 0 radical (unpaired) electrons. The standard InChI is InChI=1S/C10H16ClF3N4O/c1-6-9(11)8(18(2)17-6)3-7(16-15)4-19-5-10(12,13)14/h7,16H,3-5,15H2,1-2H3. The third-order valence-corrected chi connectivity index (χ3v) is 3.01. The summed E-state index contributed by atoms with van der Waals surface area (Å²) in [5.74, 6) is 5.29. The summed E-state index contributed by atoms with van der Waals surface area (Å²) in [6, 6.07) is -0.477. The van der Waals surface area contributed by atoms with Gasteiger partial charge in [-0.2, -0.15) is 18.3 Å². The van der Waals surface area contributed by atoms with Gasteiger partial charge in [0.2, 0.25) is 0 Å². The topological polar surface area (TPSA) is 65.1 Å². The highest BCUT2D eigenvalue weighted by Crippen LogP contribution is 2.21. The Morgan fingerprint density at radius 2 is 2.16 bits per heavy atom. The number of alkyl halides is 3. The first-order chi connectivity index (χ1) is 8.74. The Balaban J connectivity index is 2.57. The zero-order valence-corrected chi connectivity index (χ0v) is 11.3. The Hall–Kier alpha value is -0.830. The van der Waals surface area contributed by atoms with Crippen LogP contribution in [0.25, 0.3) is 0 Å². The van der Waals surface area contributed by atoms with Gasteiger partial charge < -0.3 is 4.74 Å². The molecule has 0 aliphatic rings. The second-order valence-corrected chi connectivity index (χ2v) is 4.55. The fourth-order valence-electron chi connectivity index (χ4n) is 1.62. The van der Waals surface area contributed by atoms with Crippen LogP contribution >= 0.6 is 11.6 Å². The molecule has 0 aliphatic carbocycles. The van der Waals surface area contributed by atoms with E-state index in [0.29, 0.717) is 22.8 Å². The predicted octanol–water partition coefficient (Wildman–Crippen LogP) is 1.34. The van der Waals surface area contributed by atoms with Gasteiger partial charge in [0.1, 0.15) is 6.61 Å². The van der Waals surface area contributed by atoms with E-state index in [1.807, 2.05) is 0 Å². The molecule has 0 saturated carbocycles. The van der Waals surface area contributed by atoms with Gasteiger partial charge in [0.15, 0.2) is 0 Å².